The second-order valence-electron chi connectivity index (χ2n) is 9.05. The van der Waals surface area contributed by atoms with E-state index in [0.29, 0.717) is 37.9 Å². The van der Waals surface area contributed by atoms with Crippen LogP contribution in [0, 0.1) is 17.2 Å². The summed E-state index contributed by atoms with van der Waals surface area (Å²) in [6.45, 7) is 7.94. The smallest absolute Gasteiger partial charge is 0.321 e. The summed E-state index contributed by atoms with van der Waals surface area (Å²) in [5.41, 5.74) is 1.24. The van der Waals surface area contributed by atoms with Gasteiger partial charge in [-0.15, -0.1) is 0 Å². The van der Waals surface area contributed by atoms with Crippen LogP contribution in [0.3, 0.4) is 0 Å². The largest absolute Gasteiger partial charge is 0.342 e. The monoisotopic (exact) mass is 397 g/mol. The lowest BCUT2D eigenvalue weighted by Gasteiger charge is -2.33. The highest BCUT2D eigenvalue weighted by Crippen LogP contribution is 2.27. The Bertz CT molecular complexity index is 791. The van der Waals surface area contributed by atoms with Crippen molar-refractivity contribution in [2.24, 2.45) is 11.8 Å². The number of hydrogen-bond donors (Lipinski definition) is 3. The summed E-state index contributed by atoms with van der Waals surface area (Å²) in [7, 11) is 2.00. The number of anilines is 1. The van der Waals surface area contributed by atoms with Gasteiger partial charge in [0.1, 0.15) is 13.4 Å². The summed E-state index contributed by atoms with van der Waals surface area (Å²) in [4.78, 5) is 28.8. The third kappa shape index (κ3) is 4.92. The predicted molar refractivity (Wildman–Crippen MR) is 118 cm³/mol. The molecule has 1 aromatic rings. The van der Waals surface area contributed by atoms with E-state index in [-0.39, 0.29) is 17.9 Å². The van der Waals surface area contributed by atoms with Crippen LogP contribution in [0.1, 0.15) is 40.0 Å². The molecule has 3 N–H and O–H groups in total. The molecule has 3 rings (SSSR count). The zero-order chi connectivity index (χ0) is 21.2. The van der Waals surface area contributed by atoms with Crippen LogP contribution in [0.5, 0.6) is 0 Å². The van der Waals surface area contributed by atoms with Gasteiger partial charge in [0.15, 0.2) is 5.96 Å². The minimum absolute atomic E-state index is 0.00387. The van der Waals surface area contributed by atoms with Crippen molar-refractivity contribution in [1.29, 1.82) is 5.41 Å². The average molecular weight is 397 g/mol. The standard InChI is InChI=1S/C21H32BN5O2/c1-14(2)12-21(3)18(28)27(19(23)25-21)13-15-7-9-26(10-8-15)20(29)24-17-6-4-5-16(22)11-17/h4-6,11,14-15H,7-10,12-13,22H2,1-3H3,(H2,23,25)(H,24,29). The Morgan fingerprint density at radius 3 is 2.69 bits per heavy atom. The minimum Gasteiger partial charge on any atom is -0.342 e. The number of nitrogens with zero attached hydrogens (tertiary/aromatic N) is 2. The van der Waals surface area contributed by atoms with Gasteiger partial charge >= 0.3 is 6.03 Å². The van der Waals surface area contributed by atoms with Crippen LogP contribution >= 0.6 is 0 Å². The van der Waals surface area contributed by atoms with Crippen LogP contribution in [0.15, 0.2) is 24.3 Å². The number of carbonyl (C=O) groups is 2. The number of nitrogens with one attached hydrogen (secondary N) is 3. The number of urea groups is 1. The number of hydrogen-bond acceptors (Lipinski definition) is 3. The van der Waals surface area contributed by atoms with Crippen molar-refractivity contribution < 1.29 is 9.59 Å². The second kappa shape index (κ2) is 8.47. The molecule has 0 bridgehead atoms. The normalized spacial score (nSPS) is 22.9. The molecule has 0 aromatic heterocycles. The van der Waals surface area contributed by atoms with E-state index in [1.807, 2.05) is 43.9 Å². The highest BCUT2D eigenvalue weighted by Gasteiger charge is 2.46. The SMILES string of the molecule is Bc1cccc(NC(=O)N2CCC(CN3C(=N)NC(C)(CC(C)C)C3=O)CC2)c1. The zero-order valence-electron chi connectivity index (χ0n) is 17.9. The topological polar surface area (TPSA) is 88.5 Å². The number of guanidine groups is 1. The fraction of sp³-hybridized carbons (Fsp3) is 0.571. The van der Waals surface area contributed by atoms with E-state index in [4.69, 9.17) is 5.41 Å². The third-order valence-corrected chi connectivity index (χ3v) is 5.81. The number of carbonyl (C=O) groups excluding carboxylic acids is 2. The summed E-state index contributed by atoms with van der Waals surface area (Å²) in [5.74, 6) is 0.874. The molecular weight excluding hydrogens is 365 g/mol. The van der Waals surface area contributed by atoms with Crippen molar-refractivity contribution in [2.45, 2.75) is 45.6 Å². The minimum atomic E-state index is -0.681. The first-order valence-electron chi connectivity index (χ1n) is 10.5. The van der Waals surface area contributed by atoms with Crippen molar-refractivity contribution in [3.8, 4) is 0 Å². The molecular formula is C21H32BN5O2. The molecule has 0 saturated carbocycles. The van der Waals surface area contributed by atoms with Gasteiger partial charge in [-0.05, 0) is 50.2 Å². The summed E-state index contributed by atoms with van der Waals surface area (Å²) in [6, 6.07) is 7.70. The summed E-state index contributed by atoms with van der Waals surface area (Å²) in [5, 5.41) is 14.3. The molecule has 2 aliphatic rings. The molecule has 2 heterocycles. The molecule has 1 aromatic carbocycles. The van der Waals surface area contributed by atoms with Gasteiger partial charge in [-0.25, -0.2) is 4.79 Å². The second-order valence-corrected chi connectivity index (χ2v) is 9.05. The lowest BCUT2D eigenvalue weighted by Crippen LogP contribution is -2.46. The zero-order valence-corrected chi connectivity index (χ0v) is 17.9. The lowest BCUT2D eigenvalue weighted by atomic mass is 9.90. The van der Waals surface area contributed by atoms with Crippen LogP contribution in [-0.2, 0) is 4.79 Å². The van der Waals surface area contributed by atoms with Gasteiger partial charge in [0.25, 0.3) is 5.91 Å². The van der Waals surface area contributed by atoms with Crippen molar-refractivity contribution in [3.63, 3.8) is 0 Å². The van der Waals surface area contributed by atoms with E-state index >= 15 is 0 Å². The third-order valence-electron chi connectivity index (χ3n) is 5.81. The molecule has 2 aliphatic heterocycles. The van der Waals surface area contributed by atoms with Gasteiger partial charge in [-0.2, -0.15) is 0 Å². The van der Waals surface area contributed by atoms with Crippen molar-refractivity contribution in [3.05, 3.63) is 24.3 Å². The summed E-state index contributed by atoms with van der Waals surface area (Å²) < 4.78 is 0. The molecule has 0 aliphatic carbocycles. The molecule has 29 heavy (non-hydrogen) atoms. The fourth-order valence-corrected chi connectivity index (χ4v) is 4.41. The number of amides is 3. The molecule has 8 heteroatoms. The van der Waals surface area contributed by atoms with Crippen molar-refractivity contribution >= 4 is 36.9 Å². The number of benzene rings is 1. The van der Waals surface area contributed by atoms with E-state index in [1.54, 1.807) is 4.90 Å². The molecule has 156 valence electrons. The molecule has 0 radical (unpaired) electrons. The Balaban J connectivity index is 1.51. The van der Waals surface area contributed by atoms with E-state index in [2.05, 4.69) is 24.5 Å². The first kappa shape index (κ1) is 21.2. The van der Waals surface area contributed by atoms with E-state index in [1.165, 1.54) is 0 Å². The van der Waals surface area contributed by atoms with E-state index < -0.39 is 5.54 Å². The average Bonchev–Trinajstić information content (AvgIpc) is 2.84. The van der Waals surface area contributed by atoms with Crippen LogP contribution < -0.4 is 16.1 Å². The predicted octanol–water partition coefficient (Wildman–Crippen LogP) is 1.36. The Morgan fingerprint density at radius 2 is 2.07 bits per heavy atom. The molecule has 2 saturated heterocycles. The van der Waals surface area contributed by atoms with Crippen LogP contribution in [0.4, 0.5) is 10.5 Å². The van der Waals surface area contributed by atoms with Gasteiger partial charge in [-0.3, -0.25) is 15.1 Å². The number of rotatable bonds is 5. The number of likely N-dealkylation sites (tertiary alicyclic amines) is 1. The molecule has 2 fully saturated rings. The van der Waals surface area contributed by atoms with Crippen LogP contribution in [0.2, 0.25) is 0 Å². The Labute approximate surface area is 174 Å². The van der Waals surface area contributed by atoms with Gasteiger partial charge in [0, 0.05) is 25.3 Å². The van der Waals surface area contributed by atoms with Crippen molar-refractivity contribution in [1.82, 2.24) is 15.1 Å². The van der Waals surface area contributed by atoms with Crippen molar-refractivity contribution in [2.75, 3.05) is 25.0 Å². The van der Waals surface area contributed by atoms with Gasteiger partial charge < -0.3 is 15.5 Å². The summed E-state index contributed by atoms with van der Waals surface area (Å²) in [6.07, 6.45) is 2.38. The number of piperidine rings is 1. The Kier molecular flexibility index (Phi) is 6.20. The van der Waals surface area contributed by atoms with E-state index in [0.717, 1.165) is 24.0 Å². The Morgan fingerprint density at radius 1 is 1.38 bits per heavy atom. The first-order valence-corrected chi connectivity index (χ1v) is 10.5. The maximum atomic E-state index is 12.9. The first-order chi connectivity index (χ1) is 13.7. The summed E-state index contributed by atoms with van der Waals surface area (Å²) >= 11 is 0. The molecule has 0 spiro atoms. The van der Waals surface area contributed by atoms with Crippen LogP contribution in [0.25, 0.3) is 0 Å². The molecule has 1 atom stereocenters. The van der Waals surface area contributed by atoms with Gasteiger partial charge in [0.2, 0.25) is 0 Å². The van der Waals surface area contributed by atoms with Gasteiger partial charge in [-0.1, -0.05) is 31.4 Å². The Hall–Kier alpha value is -2.51. The molecule has 7 nitrogen and oxygen atoms in total. The lowest BCUT2D eigenvalue weighted by molar-refractivity contribution is -0.131. The molecule has 1 unspecified atom stereocenters. The van der Waals surface area contributed by atoms with E-state index in [9.17, 15) is 9.59 Å². The van der Waals surface area contributed by atoms with Gasteiger partial charge in [0.05, 0.1) is 0 Å². The maximum Gasteiger partial charge on any atom is 0.321 e. The fourth-order valence-electron chi connectivity index (χ4n) is 4.41. The maximum absolute atomic E-state index is 12.9. The quantitative estimate of drug-likeness (QED) is 0.656. The highest BCUT2D eigenvalue weighted by atomic mass is 16.2. The molecule has 3 amide bonds. The van der Waals surface area contributed by atoms with Crippen LogP contribution in [-0.4, -0.2) is 60.7 Å². The highest BCUT2D eigenvalue weighted by molar-refractivity contribution is 6.32.